The van der Waals surface area contributed by atoms with E-state index in [1.165, 1.54) is 0 Å². The molecule has 0 aliphatic carbocycles. The highest BCUT2D eigenvalue weighted by atomic mass is 16.7. The number of carbonyl (C=O) groups is 1. The summed E-state index contributed by atoms with van der Waals surface area (Å²) >= 11 is 0. The van der Waals surface area contributed by atoms with Gasteiger partial charge in [0.1, 0.15) is 12.4 Å². The molecule has 2 N–H and O–H groups in total. The number of pyridine rings is 1. The van der Waals surface area contributed by atoms with E-state index < -0.39 is 0 Å². The molecule has 1 aromatic heterocycles. The zero-order valence-corrected chi connectivity index (χ0v) is 13.3. The summed E-state index contributed by atoms with van der Waals surface area (Å²) in [6.07, 6.45) is 1.70. The predicted octanol–water partition coefficient (Wildman–Crippen LogP) is 2.25. The van der Waals surface area contributed by atoms with Crippen molar-refractivity contribution in [2.75, 3.05) is 19.9 Å². The van der Waals surface area contributed by atoms with E-state index in [0.717, 1.165) is 5.69 Å². The first-order valence-electron chi connectivity index (χ1n) is 7.70. The Morgan fingerprint density at radius 2 is 2.17 bits per heavy atom. The highest BCUT2D eigenvalue weighted by Crippen LogP contribution is 2.34. The van der Waals surface area contributed by atoms with E-state index in [1.807, 2.05) is 25.1 Å². The molecule has 1 aliphatic heterocycles. The smallest absolute Gasteiger partial charge is 0.315 e. The number of rotatable bonds is 6. The largest absolute Gasteiger partial charge is 0.492 e. The molecule has 2 heterocycles. The average molecular weight is 329 g/mol. The molecule has 3 rings (SSSR count). The van der Waals surface area contributed by atoms with Crippen molar-refractivity contribution in [3.8, 4) is 17.2 Å². The van der Waals surface area contributed by atoms with Gasteiger partial charge in [-0.2, -0.15) is 0 Å². The van der Waals surface area contributed by atoms with Crippen molar-refractivity contribution in [1.82, 2.24) is 15.6 Å². The number of hydrogen-bond acceptors (Lipinski definition) is 5. The van der Waals surface area contributed by atoms with E-state index >= 15 is 0 Å². The first-order chi connectivity index (χ1) is 11.7. The third-order valence-corrected chi connectivity index (χ3v) is 3.48. The maximum Gasteiger partial charge on any atom is 0.315 e. The minimum absolute atomic E-state index is 0.166. The summed E-state index contributed by atoms with van der Waals surface area (Å²) in [5.41, 5.74) is 0.809. The maximum absolute atomic E-state index is 11.8. The SMILES string of the molecule is C[C@@H](NC(=O)NCCOc1ccc2c(c1)OCO2)c1ccccn1. The number of ether oxygens (including phenoxy) is 3. The lowest BCUT2D eigenvalue weighted by atomic mass is 10.2. The fourth-order valence-electron chi connectivity index (χ4n) is 2.25. The van der Waals surface area contributed by atoms with E-state index in [2.05, 4.69) is 15.6 Å². The average Bonchev–Trinajstić information content (AvgIpc) is 3.07. The fourth-order valence-corrected chi connectivity index (χ4v) is 2.25. The molecule has 24 heavy (non-hydrogen) atoms. The molecule has 0 saturated heterocycles. The number of aromatic nitrogens is 1. The monoisotopic (exact) mass is 329 g/mol. The third-order valence-electron chi connectivity index (χ3n) is 3.48. The van der Waals surface area contributed by atoms with Crippen molar-refractivity contribution in [3.63, 3.8) is 0 Å². The van der Waals surface area contributed by atoms with Crippen LogP contribution in [-0.2, 0) is 0 Å². The van der Waals surface area contributed by atoms with Crippen molar-refractivity contribution in [2.45, 2.75) is 13.0 Å². The van der Waals surface area contributed by atoms with Gasteiger partial charge in [0.05, 0.1) is 18.3 Å². The highest BCUT2D eigenvalue weighted by molar-refractivity contribution is 5.74. The van der Waals surface area contributed by atoms with Crippen LogP contribution in [-0.4, -0.2) is 31.0 Å². The van der Waals surface area contributed by atoms with Gasteiger partial charge in [-0.05, 0) is 31.2 Å². The summed E-state index contributed by atoms with van der Waals surface area (Å²) in [5.74, 6) is 2.05. The van der Waals surface area contributed by atoms with E-state index in [-0.39, 0.29) is 18.9 Å². The van der Waals surface area contributed by atoms with Crippen LogP contribution in [0.5, 0.6) is 17.2 Å². The Balaban J connectivity index is 1.38. The normalized spacial score (nSPS) is 13.2. The molecule has 0 saturated carbocycles. The lowest BCUT2D eigenvalue weighted by Gasteiger charge is -2.14. The second-order valence-electron chi connectivity index (χ2n) is 5.24. The van der Waals surface area contributed by atoms with Gasteiger partial charge in [-0.3, -0.25) is 4.98 Å². The number of benzene rings is 1. The summed E-state index contributed by atoms with van der Waals surface area (Å²) in [6, 6.07) is 10.5. The van der Waals surface area contributed by atoms with Gasteiger partial charge < -0.3 is 24.8 Å². The number of nitrogens with one attached hydrogen (secondary N) is 2. The Labute approximate surface area is 139 Å². The van der Waals surface area contributed by atoms with Crippen LogP contribution in [0.25, 0.3) is 0 Å². The van der Waals surface area contributed by atoms with Gasteiger partial charge in [0.15, 0.2) is 11.5 Å². The Bertz CT molecular complexity index is 693. The zero-order chi connectivity index (χ0) is 16.8. The number of fused-ring (bicyclic) bond motifs is 1. The molecule has 1 aromatic carbocycles. The van der Waals surface area contributed by atoms with Crippen LogP contribution in [0, 0.1) is 0 Å². The standard InChI is InChI=1S/C17H19N3O4/c1-12(14-4-2-3-7-18-14)20-17(21)19-8-9-22-13-5-6-15-16(10-13)24-11-23-15/h2-7,10,12H,8-9,11H2,1H3,(H2,19,20,21)/t12-/m1/s1. The fraction of sp³-hybridized carbons (Fsp3) is 0.294. The van der Waals surface area contributed by atoms with Gasteiger partial charge in [-0.25, -0.2) is 4.79 Å². The molecule has 0 radical (unpaired) electrons. The molecule has 7 heteroatoms. The first-order valence-corrected chi connectivity index (χ1v) is 7.70. The molecule has 0 fully saturated rings. The molecule has 0 spiro atoms. The van der Waals surface area contributed by atoms with E-state index in [4.69, 9.17) is 14.2 Å². The van der Waals surface area contributed by atoms with Crippen LogP contribution in [0.3, 0.4) is 0 Å². The third kappa shape index (κ3) is 4.07. The summed E-state index contributed by atoms with van der Waals surface area (Å²) in [7, 11) is 0. The van der Waals surface area contributed by atoms with Crippen LogP contribution < -0.4 is 24.8 Å². The molecule has 0 bridgehead atoms. The van der Waals surface area contributed by atoms with Crippen molar-refractivity contribution in [1.29, 1.82) is 0 Å². The van der Waals surface area contributed by atoms with Crippen LogP contribution in [0.15, 0.2) is 42.6 Å². The van der Waals surface area contributed by atoms with Gasteiger partial charge in [0, 0.05) is 12.3 Å². The van der Waals surface area contributed by atoms with Crippen LogP contribution in [0.2, 0.25) is 0 Å². The molecule has 7 nitrogen and oxygen atoms in total. The van der Waals surface area contributed by atoms with Crippen LogP contribution >= 0.6 is 0 Å². The zero-order valence-electron chi connectivity index (χ0n) is 13.3. The minimum Gasteiger partial charge on any atom is -0.492 e. The molecule has 1 atom stereocenters. The lowest BCUT2D eigenvalue weighted by Crippen LogP contribution is -2.39. The van der Waals surface area contributed by atoms with E-state index in [0.29, 0.717) is 30.4 Å². The molecule has 126 valence electrons. The Morgan fingerprint density at radius 1 is 1.29 bits per heavy atom. The minimum atomic E-state index is -0.262. The van der Waals surface area contributed by atoms with Gasteiger partial charge in [0.2, 0.25) is 6.79 Å². The summed E-state index contributed by atoms with van der Waals surface area (Å²) in [4.78, 5) is 16.1. The predicted molar refractivity (Wildman–Crippen MR) is 87.2 cm³/mol. The van der Waals surface area contributed by atoms with Gasteiger partial charge in [0.25, 0.3) is 0 Å². The summed E-state index contributed by atoms with van der Waals surface area (Å²) in [6.45, 7) is 2.85. The van der Waals surface area contributed by atoms with Crippen molar-refractivity contribution in [3.05, 3.63) is 48.3 Å². The molecule has 0 unspecified atom stereocenters. The summed E-state index contributed by atoms with van der Waals surface area (Å²) < 4.78 is 16.1. The van der Waals surface area contributed by atoms with Crippen molar-refractivity contribution < 1.29 is 19.0 Å². The quantitative estimate of drug-likeness (QED) is 0.795. The van der Waals surface area contributed by atoms with Crippen molar-refractivity contribution in [2.24, 2.45) is 0 Å². The topological polar surface area (TPSA) is 81.7 Å². The number of urea groups is 1. The number of carbonyl (C=O) groups excluding carboxylic acids is 1. The van der Waals surface area contributed by atoms with Gasteiger partial charge in [-0.15, -0.1) is 0 Å². The lowest BCUT2D eigenvalue weighted by molar-refractivity contribution is 0.173. The first kappa shape index (κ1) is 15.9. The van der Waals surface area contributed by atoms with E-state index in [9.17, 15) is 4.79 Å². The number of hydrogen-bond donors (Lipinski definition) is 2. The van der Waals surface area contributed by atoms with Crippen LogP contribution in [0.1, 0.15) is 18.7 Å². The Morgan fingerprint density at radius 3 is 3.00 bits per heavy atom. The molecular formula is C17H19N3O4. The molecule has 1 aliphatic rings. The Hall–Kier alpha value is -2.96. The second-order valence-corrected chi connectivity index (χ2v) is 5.24. The summed E-state index contributed by atoms with van der Waals surface area (Å²) in [5, 5.41) is 5.57. The van der Waals surface area contributed by atoms with E-state index in [1.54, 1.807) is 24.4 Å². The van der Waals surface area contributed by atoms with Crippen LogP contribution in [0.4, 0.5) is 4.79 Å². The molecule has 2 aromatic rings. The van der Waals surface area contributed by atoms with Gasteiger partial charge in [-0.1, -0.05) is 6.07 Å². The second kappa shape index (κ2) is 7.54. The molecule has 2 amide bonds. The maximum atomic E-state index is 11.8. The number of nitrogens with zero attached hydrogens (tertiary/aromatic N) is 1. The molecular weight excluding hydrogens is 310 g/mol. The number of amides is 2. The van der Waals surface area contributed by atoms with Gasteiger partial charge >= 0.3 is 6.03 Å². The highest BCUT2D eigenvalue weighted by Gasteiger charge is 2.14. The van der Waals surface area contributed by atoms with Crippen molar-refractivity contribution >= 4 is 6.03 Å². The Kier molecular flexibility index (Phi) is 5.00.